The van der Waals surface area contributed by atoms with Crippen LogP contribution in [0.1, 0.15) is 10.4 Å². The Morgan fingerprint density at radius 3 is 2.71 bits per heavy atom. The van der Waals surface area contributed by atoms with Gasteiger partial charge in [0, 0.05) is 31.2 Å². The van der Waals surface area contributed by atoms with Crippen LogP contribution in [0.5, 0.6) is 0 Å². The van der Waals surface area contributed by atoms with Crippen molar-refractivity contribution in [1.82, 2.24) is 4.90 Å². The molecule has 1 saturated heterocycles. The number of amides is 1. The van der Waals surface area contributed by atoms with Crippen molar-refractivity contribution in [2.45, 2.75) is 0 Å². The van der Waals surface area contributed by atoms with Crippen LogP contribution >= 0.6 is 0 Å². The molecule has 2 aromatic carbocycles. The van der Waals surface area contributed by atoms with Crippen LogP contribution in [0.4, 0.5) is 4.39 Å². The minimum absolute atomic E-state index is 0.00683. The molecule has 1 heterocycles. The molecule has 1 N–H and O–H groups in total. The maximum atomic E-state index is 13.4. The van der Waals surface area contributed by atoms with Crippen molar-refractivity contribution < 1.29 is 19.0 Å². The van der Waals surface area contributed by atoms with Crippen molar-refractivity contribution >= 4 is 5.91 Å². The van der Waals surface area contributed by atoms with Gasteiger partial charge in [-0.15, -0.1) is 0 Å². The second-order valence-corrected chi connectivity index (χ2v) is 5.97. The average Bonchev–Trinajstić information content (AvgIpc) is 2.87. The Morgan fingerprint density at radius 2 is 1.96 bits per heavy atom. The van der Waals surface area contributed by atoms with E-state index in [1.807, 2.05) is 12.1 Å². The summed E-state index contributed by atoms with van der Waals surface area (Å²) >= 11 is 0. The van der Waals surface area contributed by atoms with E-state index in [4.69, 9.17) is 4.74 Å². The molecule has 5 heteroatoms. The number of aliphatic hydroxyl groups excluding tert-OH is 1. The third-order valence-corrected chi connectivity index (χ3v) is 4.15. The first-order valence-corrected chi connectivity index (χ1v) is 8.01. The fraction of sp³-hybridized carbons (Fsp3) is 0.316. The molecule has 0 aliphatic carbocycles. The molecule has 24 heavy (non-hydrogen) atoms. The SMILES string of the molecule is O=C(c1cccc(-c2cccc(F)c2)c1)N1CCOCC(CO)C1. The van der Waals surface area contributed by atoms with E-state index in [0.717, 1.165) is 11.1 Å². The summed E-state index contributed by atoms with van der Waals surface area (Å²) < 4.78 is 18.8. The highest BCUT2D eigenvalue weighted by atomic mass is 19.1. The van der Waals surface area contributed by atoms with E-state index in [1.165, 1.54) is 12.1 Å². The number of aliphatic hydroxyl groups is 1. The standard InChI is InChI=1S/C19H20FNO3/c20-18-6-2-4-16(10-18)15-3-1-5-17(9-15)19(23)21-7-8-24-13-14(11-21)12-22/h1-6,9-10,14,22H,7-8,11-13H2. The Hall–Kier alpha value is -2.24. The number of rotatable bonds is 3. The molecule has 1 aliphatic heterocycles. The van der Waals surface area contributed by atoms with Gasteiger partial charge in [-0.2, -0.15) is 0 Å². The lowest BCUT2D eigenvalue weighted by molar-refractivity contribution is 0.0728. The lowest BCUT2D eigenvalue weighted by Gasteiger charge is -2.23. The minimum atomic E-state index is -0.306. The van der Waals surface area contributed by atoms with Gasteiger partial charge in [-0.25, -0.2) is 4.39 Å². The number of carbonyl (C=O) groups is 1. The van der Waals surface area contributed by atoms with Crippen LogP contribution in [-0.2, 0) is 4.74 Å². The molecule has 1 fully saturated rings. The number of ether oxygens (including phenoxy) is 1. The Morgan fingerprint density at radius 1 is 1.21 bits per heavy atom. The number of hydrogen-bond donors (Lipinski definition) is 1. The lowest BCUT2D eigenvalue weighted by atomic mass is 10.0. The Labute approximate surface area is 140 Å². The van der Waals surface area contributed by atoms with Gasteiger partial charge in [-0.3, -0.25) is 4.79 Å². The van der Waals surface area contributed by atoms with Crippen LogP contribution in [0.25, 0.3) is 11.1 Å². The molecule has 2 aromatic rings. The number of benzene rings is 2. The number of hydrogen-bond acceptors (Lipinski definition) is 3. The van der Waals surface area contributed by atoms with Crippen LogP contribution < -0.4 is 0 Å². The Balaban J connectivity index is 1.84. The summed E-state index contributed by atoms with van der Waals surface area (Å²) in [6.07, 6.45) is 0. The fourth-order valence-electron chi connectivity index (χ4n) is 2.86. The van der Waals surface area contributed by atoms with Gasteiger partial charge < -0.3 is 14.7 Å². The largest absolute Gasteiger partial charge is 0.396 e. The van der Waals surface area contributed by atoms with Gasteiger partial charge in [-0.05, 0) is 35.4 Å². The molecule has 0 spiro atoms. The molecule has 0 bridgehead atoms. The highest BCUT2D eigenvalue weighted by Crippen LogP contribution is 2.22. The van der Waals surface area contributed by atoms with Crippen molar-refractivity contribution in [1.29, 1.82) is 0 Å². The monoisotopic (exact) mass is 329 g/mol. The second-order valence-electron chi connectivity index (χ2n) is 5.97. The molecular weight excluding hydrogens is 309 g/mol. The molecule has 1 unspecified atom stereocenters. The molecule has 0 aromatic heterocycles. The molecule has 3 rings (SSSR count). The van der Waals surface area contributed by atoms with Gasteiger partial charge in [0.15, 0.2) is 0 Å². The van der Waals surface area contributed by atoms with Crippen molar-refractivity contribution in [3.05, 3.63) is 59.9 Å². The molecular formula is C19H20FNO3. The van der Waals surface area contributed by atoms with Crippen molar-refractivity contribution in [2.24, 2.45) is 5.92 Å². The fourth-order valence-corrected chi connectivity index (χ4v) is 2.86. The van der Waals surface area contributed by atoms with Crippen molar-refractivity contribution in [2.75, 3.05) is 32.9 Å². The highest BCUT2D eigenvalue weighted by Gasteiger charge is 2.23. The smallest absolute Gasteiger partial charge is 0.253 e. The van der Waals surface area contributed by atoms with Crippen molar-refractivity contribution in [3.8, 4) is 11.1 Å². The summed E-state index contributed by atoms with van der Waals surface area (Å²) in [4.78, 5) is 14.5. The van der Waals surface area contributed by atoms with Crippen LogP contribution in [0.3, 0.4) is 0 Å². The topological polar surface area (TPSA) is 49.8 Å². The van der Waals surface area contributed by atoms with E-state index < -0.39 is 0 Å². The minimum Gasteiger partial charge on any atom is -0.396 e. The van der Waals surface area contributed by atoms with Gasteiger partial charge >= 0.3 is 0 Å². The third kappa shape index (κ3) is 3.80. The van der Waals surface area contributed by atoms with Crippen molar-refractivity contribution in [3.63, 3.8) is 0 Å². The maximum Gasteiger partial charge on any atom is 0.253 e. The number of nitrogens with zero attached hydrogens (tertiary/aromatic N) is 1. The normalized spacial score (nSPS) is 18.2. The molecule has 126 valence electrons. The van der Waals surface area contributed by atoms with E-state index in [-0.39, 0.29) is 24.2 Å². The average molecular weight is 329 g/mol. The van der Waals surface area contributed by atoms with Gasteiger partial charge in [0.05, 0.1) is 13.2 Å². The zero-order chi connectivity index (χ0) is 16.9. The quantitative estimate of drug-likeness (QED) is 0.942. The predicted octanol–water partition coefficient (Wildman–Crippen LogP) is 2.57. The van der Waals surface area contributed by atoms with E-state index in [0.29, 0.717) is 31.9 Å². The molecule has 1 atom stereocenters. The number of carbonyl (C=O) groups excluding carboxylic acids is 1. The summed E-state index contributed by atoms with van der Waals surface area (Å²) in [6.45, 7) is 1.89. The lowest BCUT2D eigenvalue weighted by Crippen LogP contribution is -2.36. The van der Waals surface area contributed by atoms with Gasteiger partial charge in [-0.1, -0.05) is 24.3 Å². The van der Waals surface area contributed by atoms with Gasteiger partial charge in [0.2, 0.25) is 0 Å². The van der Waals surface area contributed by atoms with E-state index in [1.54, 1.807) is 29.2 Å². The van der Waals surface area contributed by atoms with Crippen LogP contribution in [0, 0.1) is 11.7 Å². The molecule has 0 radical (unpaired) electrons. The van der Waals surface area contributed by atoms with Crippen LogP contribution in [0.2, 0.25) is 0 Å². The van der Waals surface area contributed by atoms with Crippen LogP contribution in [-0.4, -0.2) is 48.8 Å². The summed E-state index contributed by atoms with van der Waals surface area (Å²) in [5.41, 5.74) is 2.08. The zero-order valence-corrected chi connectivity index (χ0v) is 13.3. The summed E-state index contributed by atoms with van der Waals surface area (Å²) in [7, 11) is 0. The zero-order valence-electron chi connectivity index (χ0n) is 13.3. The first-order chi connectivity index (χ1) is 11.7. The maximum absolute atomic E-state index is 13.4. The van der Waals surface area contributed by atoms with E-state index in [2.05, 4.69) is 0 Å². The summed E-state index contributed by atoms with van der Waals surface area (Å²) in [5.74, 6) is -0.472. The Bertz CT molecular complexity index is 719. The van der Waals surface area contributed by atoms with Gasteiger partial charge in [0.1, 0.15) is 5.82 Å². The molecule has 0 saturated carbocycles. The highest BCUT2D eigenvalue weighted by molar-refractivity contribution is 5.95. The first-order valence-electron chi connectivity index (χ1n) is 8.01. The molecule has 1 aliphatic rings. The second kappa shape index (κ2) is 7.55. The van der Waals surface area contributed by atoms with E-state index in [9.17, 15) is 14.3 Å². The Kier molecular flexibility index (Phi) is 5.23. The van der Waals surface area contributed by atoms with Gasteiger partial charge in [0.25, 0.3) is 5.91 Å². The predicted molar refractivity (Wildman–Crippen MR) is 89.1 cm³/mol. The summed E-state index contributed by atoms with van der Waals surface area (Å²) in [6, 6.07) is 13.5. The first kappa shape index (κ1) is 16.6. The summed E-state index contributed by atoms with van der Waals surface area (Å²) in [5, 5.41) is 9.35. The molecule has 4 nitrogen and oxygen atoms in total. The number of halogens is 1. The van der Waals surface area contributed by atoms with E-state index >= 15 is 0 Å². The van der Waals surface area contributed by atoms with Crippen LogP contribution in [0.15, 0.2) is 48.5 Å². The molecule has 1 amide bonds. The third-order valence-electron chi connectivity index (χ3n) is 4.15.